The fraction of sp³-hybridized carbons (Fsp3) is 0.231. The van der Waals surface area contributed by atoms with Crippen LogP contribution in [0.2, 0.25) is 0 Å². The number of likely N-dealkylation sites (tertiary alicyclic amines) is 1. The Hall–Kier alpha value is -3.51. The van der Waals surface area contributed by atoms with E-state index in [4.69, 9.17) is 4.42 Å². The molecule has 1 aliphatic heterocycles. The Bertz CT molecular complexity index is 1230. The highest BCUT2D eigenvalue weighted by molar-refractivity contribution is 5.94. The summed E-state index contributed by atoms with van der Waals surface area (Å²) in [7, 11) is 0. The summed E-state index contributed by atoms with van der Waals surface area (Å²) in [5.74, 6) is -0.424. The fourth-order valence-electron chi connectivity index (χ4n) is 4.22. The van der Waals surface area contributed by atoms with Gasteiger partial charge in [-0.2, -0.15) is 0 Å². The third-order valence-electron chi connectivity index (χ3n) is 5.99. The number of aromatic nitrogens is 1. The van der Waals surface area contributed by atoms with E-state index in [1.165, 1.54) is 17.7 Å². The van der Waals surface area contributed by atoms with Gasteiger partial charge in [0.1, 0.15) is 11.4 Å². The Labute approximate surface area is 185 Å². The molecule has 0 unspecified atom stereocenters. The molecule has 32 heavy (non-hydrogen) atoms. The van der Waals surface area contributed by atoms with Gasteiger partial charge in [-0.3, -0.25) is 14.7 Å². The van der Waals surface area contributed by atoms with Crippen LogP contribution in [0.15, 0.2) is 77.5 Å². The molecule has 5 rings (SSSR count). The number of halogens is 1. The van der Waals surface area contributed by atoms with Crippen molar-refractivity contribution in [3.8, 4) is 11.3 Å². The summed E-state index contributed by atoms with van der Waals surface area (Å²) >= 11 is 0. The number of fused-ring (bicyclic) bond motifs is 1. The number of amides is 1. The van der Waals surface area contributed by atoms with Crippen molar-refractivity contribution >= 4 is 16.9 Å². The number of carbonyl (C=O) groups excluding carboxylic acids is 1. The van der Waals surface area contributed by atoms with Gasteiger partial charge in [0.2, 0.25) is 0 Å². The van der Waals surface area contributed by atoms with Crippen LogP contribution in [-0.4, -0.2) is 34.9 Å². The van der Waals surface area contributed by atoms with Crippen molar-refractivity contribution in [1.29, 1.82) is 0 Å². The number of nitrogens with one attached hydrogen (secondary N) is 1. The normalized spacial score (nSPS) is 15.2. The quantitative estimate of drug-likeness (QED) is 0.484. The van der Waals surface area contributed by atoms with Crippen LogP contribution in [0, 0.1) is 5.82 Å². The Morgan fingerprint density at radius 3 is 2.75 bits per heavy atom. The van der Waals surface area contributed by atoms with E-state index >= 15 is 0 Å². The Morgan fingerprint density at radius 2 is 1.97 bits per heavy atom. The van der Waals surface area contributed by atoms with Crippen LogP contribution >= 0.6 is 0 Å². The van der Waals surface area contributed by atoms with Crippen LogP contribution in [0.5, 0.6) is 0 Å². The maximum atomic E-state index is 13.4. The molecule has 3 heterocycles. The van der Waals surface area contributed by atoms with Gasteiger partial charge in [0.25, 0.3) is 5.91 Å². The molecule has 6 heteroatoms. The molecule has 2 aromatic carbocycles. The van der Waals surface area contributed by atoms with Crippen molar-refractivity contribution in [2.24, 2.45) is 0 Å². The third kappa shape index (κ3) is 4.55. The number of nitrogens with zero attached hydrogens (tertiary/aromatic N) is 2. The number of carbonyl (C=O) groups is 1. The van der Waals surface area contributed by atoms with Crippen LogP contribution in [0.25, 0.3) is 22.2 Å². The largest absolute Gasteiger partial charge is 0.464 e. The van der Waals surface area contributed by atoms with E-state index < -0.39 is 0 Å². The van der Waals surface area contributed by atoms with Crippen LogP contribution in [-0.2, 0) is 6.54 Å². The Kier molecular flexibility index (Phi) is 5.69. The summed E-state index contributed by atoms with van der Waals surface area (Å²) in [6, 6.07) is 18.2. The van der Waals surface area contributed by atoms with Crippen molar-refractivity contribution in [2.45, 2.75) is 25.4 Å². The second-order valence-corrected chi connectivity index (χ2v) is 8.26. The topological polar surface area (TPSA) is 58.4 Å². The second-order valence-electron chi connectivity index (χ2n) is 8.26. The van der Waals surface area contributed by atoms with E-state index in [1.54, 1.807) is 36.7 Å². The molecule has 4 aromatic rings. The highest BCUT2D eigenvalue weighted by Gasteiger charge is 2.21. The molecule has 1 fully saturated rings. The number of benzene rings is 2. The van der Waals surface area contributed by atoms with E-state index in [2.05, 4.69) is 27.3 Å². The van der Waals surface area contributed by atoms with Gasteiger partial charge < -0.3 is 9.73 Å². The molecule has 2 aromatic heterocycles. The maximum Gasteiger partial charge on any atom is 0.253 e. The summed E-state index contributed by atoms with van der Waals surface area (Å²) in [6.45, 7) is 2.77. The minimum Gasteiger partial charge on any atom is -0.464 e. The lowest BCUT2D eigenvalue weighted by Crippen LogP contribution is -2.44. The van der Waals surface area contributed by atoms with Crippen LogP contribution < -0.4 is 5.32 Å². The van der Waals surface area contributed by atoms with Crippen LogP contribution in [0.1, 0.15) is 28.8 Å². The van der Waals surface area contributed by atoms with E-state index in [0.29, 0.717) is 16.8 Å². The molecule has 0 atom stereocenters. The van der Waals surface area contributed by atoms with Crippen molar-refractivity contribution in [3.63, 3.8) is 0 Å². The van der Waals surface area contributed by atoms with Crippen LogP contribution in [0.3, 0.4) is 0 Å². The highest BCUT2D eigenvalue weighted by Crippen LogP contribution is 2.21. The summed E-state index contributed by atoms with van der Waals surface area (Å²) in [5.41, 5.74) is 4.03. The molecule has 0 spiro atoms. The molecule has 0 aliphatic carbocycles. The molecule has 5 nitrogen and oxygen atoms in total. The number of hydrogen-bond donors (Lipinski definition) is 1. The first-order valence-corrected chi connectivity index (χ1v) is 10.9. The molecule has 0 radical (unpaired) electrons. The minimum absolute atomic E-state index is 0.118. The van der Waals surface area contributed by atoms with Crippen molar-refractivity contribution < 1.29 is 13.6 Å². The standard InChI is InChI=1S/C26H24FN3O2/c27-22-3-1-2-19(15-22)24-6-5-21(16-28-24)26(31)29-23-8-11-30(12-9-23)17-18-4-7-25-20(14-18)10-13-32-25/h1-7,10,13-16,23H,8-9,11-12,17H2,(H,29,31). The average molecular weight is 429 g/mol. The van der Waals surface area contributed by atoms with E-state index in [0.717, 1.165) is 43.4 Å². The zero-order valence-electron chi connectivity index (χ0n) is 17.6. The van der Waals surface area contributed by atoms with Gasteiger partial charge in [-0.25, -0.2) is 4.39 Å². The van der Waals surface area contributed by atoms with Gasteiger partial charge in [-0.15, -0.1) is 0 Å². The van der Waals surface area contributed by atoms with Gasteiger partial charge in [0.15, 0.2) is 0 Å². The first-order valence-electron chi connectivity index (χ1n) is 10.9. The predicted molar refractivity (Wildman–Crippen MR) is 122 cm³/mol. The first kappa shape index (κ1) is 20.4. The number of piperidine rings is 1. The Balaban J connectivity index is 1.14. The maximum absolute atomic E-state index is 13.4. The zero-order valence-corrected chi connectivity index (χ0v) is 17.6. The molecule has 1 N–H and O–H groups in total. The zero-order chi connectivity index (χ0) is 21.9. The minimum atomic E-state index is -0.306. The first-order chi connectivity index (χ1) is 15.6. The van der Waals surface area contributed by atoms with Gasteiger partial charge in [-0.1, -0.05) is 18.2 Å². The van der Waals surface area contributed by atoms with Crippen LogP contribution in [0.4, 0.5) is 4.39 Å². The van der Waals surface area contributed by atoms with Gasteiger partial charge in [0, 0.05) is 42.8 Å². The number of furan rings is 1. The van der Waals surface area contributed by atoms with Crippen molar-refractivity contribution in [3.05, 3.63) is 90.1 Å². The average Bonchev–Trinajstić information content (AvgIpc) is 3.28. The lowest BCUT2D eigenvalue weighted by molar-refractivity contribution is 0.0908. The molecule has 162 valence electrons. The molecule has 1 saturated heterocycles. The second kappa shape index (κ2) is 8.93. The monoisotopic (exact) mass is 429 g/mol. The molecule has 0 bridgehead atoms. The molecule has 1 amide bonds. The summed E-state index contributed by atoms with van der Waals surface area (Å²) in [5, 5.41) is 4.26. The van der Waals surface area contributed by atoms with E-state index in [-0.39, 0.29) is 17.8 Å². The number of pyridine rings is 1. The summed E-state index contributed by atoms with van der Waals surface area (Å²) in [4.78, 5) is 19.4. The lowest BCUT2D eigenvalue weighted by atomic mass is 10.0. The summed E-state index contributed by atoms with van der Waals surface area (Å²) < 4.78 is 18.8. The van der Waals surface area contributed by atoms with Gasteiger partial charge in [-0.05, 0) is 60.9 Å². The highest BCUT2D eigenvalue weighted by atomic mass is 19.1. The number of hydrogen-bond acceptors (Lipinski definition) is 4. The summed E-state index contributed by atoms with van der Waals surface area (Å²) in [6.07, 6.45) is 5.09. The molecule has 0 saturated carbocycles. The molecule has 1 aliphatic rings. The Morgan fingerprint density at radius 1 is 1.09 bits per heavy atom. The van der Waals surface area contributed by atoms with Crippen molar-refractivity contribution in [2.75, 3.05) is 13.1 Å². The van der Waals surface area contributed by atoms with Gasteiger partial charge >= 0.3 is 0 Å². The lowest BCUT2D eigenvalue weighted by Gasteiger charge is -2.32. The predicted octanol–water partition coefficient (Wildman–Crippen LogP) is 5.03. The molecular formula is C26H24FN3O2. The van der Waals surface area contributed by atoms with Gasteiger partial charge in [0.05, 0.1) is 17.5 Å². The third-order valence-corrected chi connectivity index (χ3v) is 5.99. The number of rotatable bonds is 5. The van der Waals surface area contributed by atoms with E-state index in [1.807, 2.05) is 12.1 Å². The van der Waals surface area contributed by atoms with E-state index in [9.17, 15) is 9.18 Å². The smallest absolute Gasteiger partial charge is 0.253 e. The molecular weight excluding hydrogens is 405 g/mol. The SMILES string of the molecule is O=C(NC1CCN(Cc2ccc3occc3c2)CC1)c1ccc(-c2cccc(F)c2)nc1. The van der Waals surface area contributed by atoms with Crippen molar-refractivity contribution in [1.82, 2.24) is 15.2 Å². The fourth-order valence-corrected chi connectivity index (χ4v) is 4.22.